The van der Waals surface area contributed by atoms with Crippen LogP contribution in [-0.2, 0) is 4.79 Å². The van der Waals surface area contributed by atoms with E-state index in [2.05, 4.69) is 0 Å². The lowest BCUT2D eigenvalue weighted by molar-refractivity contribution is -0.136. The second-order valence-electron chi connectivity index (χ2n) is 2.07. The summed E-state index contributed by atoms with van der Waals surface area (Å²) in [6.45, 7) is 1.89. The zero-order valence-corrected chi connectivity index (χ0v) is 7.02. The van der Waals surface area contributed by atoms with E-state index in [1.54, 1.807) is 6.26 Å². The predicted octanol–water partition coefficient (Wildman–Crippen LogP) is 0.540. The largest absolute Gasteiger partial charge is 0.480 e. The summed E-state index contributed by atoms with van der Waals surface area (Å²) in [6.07, 6.45) is 2.46. The summed E-state index contributed by atoms with van der Waals surface area (Å²) in [5.41, 5.74) is 5.53. The van der Waals surface area contributed by atoms with Gasteiger partial charge in [-0.2, -0.15) is 0 Å². The molecule has 2 atom stereocenters. The van der Waals surface area contributed by atoms with E-state index in [1.807, 2.05) is 6.92 Å². The van der Waals surface area contributed by atoms with Crippen molar-refractivity contribution in [1.29, 1.82) is 0 Å². The Labute approximate surface area is 65.0 Å². The number of thioether (sulfide) groups is 1. The quantitative estimate of drug-likeness (QED) is 0.635. The monoisotopic (exact) mass is 163 g/mol. The van der Waals surface area contributed by atoms with E-state index >= 15 is 0 Å². The lowest BCUT2D eigenvalue weighted by atomic mass is 10.2. The van der Waals surface area contributed by atoms with Gasteiger partial charge < -0.3 is 10.8 Å². The number of carboxylic acid groups (broad SMARTS) is 1. The summed E-state index contributed by atoms with van der Waals surface area (Å²) in [7, 11) is 0. The van der Waals surface area contributed by atoms with Gasteiger partial charge in [-0.3, -0.25) is 4.79 Å². The Balaban J connectivity index is 3.92. The smallest absolute Gasteiger partial charge is 0.318 e. The van der Waals surface area contributed by atoms with E-state index in [9.17, 15) is 4.79 Å². The van der Waals surface area contributed by atoms with Crippen molar-refractivity contribution < 1.29 is 9.90 Å². The third-order valence-corrected chi connectivity index (χ3v) is 2.42. The second-order valence-corrected chi connectivity index (χ2v) is 3.05. The molecule has 0 saturated heterocycles. The van der Waals surface area contributed by atoms with Gasteiger partial charge in [0.2, 0.25) is 0 Å². The van der Waals surface area contributed by atoms with Crippen LogP contribution in [0.5, 0.6) is 0 Å². The van der Waals surface area contributed by atoms with E-state index in [0.29, 0.717) is 6.42 Å². The molecule has 0 spiro atoms. The molecule has 0 fully saturated rings. The highest BCUT2D eigenvalue weighted by molar-refractivity contribution is 7.99. The number of nitrogens with two attached hydrogens (primary N) is 1. The highest BCUT2D eigenvalue weighted by atomic mass is 32.2. The van der Waals surface area contributed by atoms with E-state index in [0.717, 1.165) is 0 Å². The number of aliphatic carboxylic acids is 1. The van der Waals surface area contributed by atoms with Crippen LogP contribution in [-0.4, -0.2) is 28.6 Å². The third kappa shape index (κ3) is 2.58. The van der Waals surface area contributed by atoms with Gasteiger partial charge in [-0.15, -0.1) is 11.8 Å². The molecule has 0 aliphatic rings. The van der Waals surface area contributed by atoms with E-state index in [-0.39, 0.29) is 6.04 Å². The number of rotatable bonds is 4. The zero-order chi connectivity index (χ0) is 8.15. The Morgan fingerprint density at radius 3 is 2.40 bits per heavy atom. The van der Waals surface area contributed by atoms with Gasteiger partial charge in [-0.05, 0) is 12.7 Å². The minimum absolute atomic E-state index is 0.229. The Kier molecular flexibility index (Phi) is 4.47. The third-order valence-electron chi connectivity index (χ3n) is 1.36. The summed E-state index contributed by atoms with van der Waals surface area (Å²) >= 11 is 1.29. The summed E-state index contributed by atoms with van der Waals surface area (Å²) in [4.78, 5) is 10.4. The number of hydrogen-bond acceptors (Lipinski definition) is 3. The molecule has 3 nitrogen and oxygen atoms in total. The zero-order valence-electron chi connectivity index (χ0n) is 6.20. The maximum absolute atomic E-state index is 10.4. The van der Waals surface area contributed by atoms with Gasteiger partial charge in [0.25, 0.3) is 0 Å². The average Bonchev–Trinajstić information content (AvgIpc) is 1.88. The SMILES string of the molecule is CCC(N)C(SC)C(=O)O. The first kappa shape index (κ1) is 9.78. The lowest BCUT2D eigenvalue weighted by Gasteiger charge is -2.15. The van der Waals surface area contributed by atoms with Gasteiger partial charge in [0.15, 0.2) is 0 Å². The first-order valence-electron chi connectivity index (χ1n) is 3.14. The first-order valence-corrected chi connectivity index (χ1v) is 4.43. The van der Waals surface area contributed by atoms with Crippen LogP contribution in [0, 0.1) is 0 Å². The molecule has 0 radical (unpaired) electrons. The molecule has 0 bridgehead atoms. The fourth-order valence-corrected chi connectivity index (χ4v) is 1.42. The van der Waals surface area contributed by atoms with Gasteiger partial charge in [-0.25, -0.2) is 0 Å². The normalized spacial score (nSPS) is 16.3. The summed E-state index contributed by atoms with van der Waals surface area (Å²) in [5.74, 6) is -0.818. The fraction of sp³-hybridized carbons (Fsp3) is 0.833. The topological polar surface area (TPSA) is 63.3 Å². The van der Waals surface area contributed by atoms with Crippen LogP contribution in [0.2, 0.25) is 0 Å². The van der Waals surface area contributed by atoms with Gasteiger partial charge in [0.05, 0.1) is 0 Å². The van der Waals surface area contributed by atoms with Crippen molar-refractivity contribution in [2.75, 3.05) is 6.26 Å². The van der Waals surface area contributed by atoms with Crippen LogP contribution < -0.4 is 5.73 Å². The van der Waals surface area contributed by atoms with Crippen LogP contribution in [0.25, 0.3) is 0 Å². The summed E-state index contributed by atoms with van der Waals surface area (Å²) < 4.78 is 0. The van der Waals surface area contributed by atoms with E-state index < -0.39 is 11.2 Å². The lowest BCUT2D eigenvalue weighted by Crippen LogP contribution is -2.37. The standard InChI is InChI=1S/C6H13NO2S/c1-3-4(7)5(10-2)6(8)9/h4-5H,3,7H2,1-2H3,(H,8,9). The molecule has 3 N–H and O–H groups in total. The Bertz CT molecular complexity index is 118. The molecule has 0 aliphatic heterocycles. The van der Waals surface area contributed by atoms with Crippen molar-refractivity contribution in [3.8, 4) is 0 Å². The van der Waals surface area contributed by atoms with Crippen LogP contribution in [0.3, 0.4) is 0 Å². The van der Waals surface area contributed by atoms with Crippen LogP contribution in [0.4, 0.5) is 0 Å². The molecule has 0 aromatic carbocycles. The molecule has 10 heavy (non-hydrogen) atoms. The van der Waals surface area contributed by atoms with Crippen molar-refractivity contribution in [2.45, 2.75) is 24.6 Å². The molecular weight excluding hydrogens is 150 g/mol. The Hall–Kier alpha value is -0.220. The number of hydrogen-bond donors (Lipinski definition) is 2. The van der Waals surface area contributed by atoms with Crippen molar-refractivity contribution >= 4 is 17.7 Å². The van der Waals surface area contributed by atoms with Crippen molar-refractivity contribution in [3.63, 3.8) is 0 Å². The van der Waals surface area contributed by atoms with Gasteiger partial charge in [-0.1, -0.05) is 6.92 Å². The molecule has 2 unspecified atom stereocenters. The van der Waals surface area contributed by atoms with Crippen molar-refractivity contribution in [1.82, 2.24) is 0 Å². The second kappa shape index (κ2) is 4.57. The van der Waals surface area contributed by atoms with Crippen molar-refractivity contribution in [3.05, 3.63) is 0 Å². The van der Waals surface area contributed by atoms with E-state index in [1.165, 1.54) is 11.8 Å². The Morgan fingerprint density at radius 2 is 2.30 bits per heavy atom. The van der Waals surface area contributed by atoms with Crippen LogP contribution in [0.1, 0.15) is 13.3 Å². The molecule has 0 rings (SSSR count). The molecule has 0 aromatic rings. The highest BCUT2D eigenvalue weighted by Crippen LogP contribution is 2.11. The minimum Gasteiger partial charge on any atom is -0.480 e. The van der Waals surface area contributed by atoms with Crippen LogP contribution >= 0.6 is 11.8 Å². The molecule has 0 aliphatic carbocycles. The molecule has 0 aromatic heterocycles. The number of carboxylic acids is 1. The first-order chi connectivity index (χ1) is 4.63. The molecule has 0 saturated carbocycles. The fourth-order valence-electron chi connectivity index (χ4n) is 0.673. The minimum atomic E-state index is -0.818. The van der Waals surface area contributed by atoms with Gasteiger partial charge in [0.1, 0.15) is 5.25 Å². The number of carbonyl (C=O) groups is 1. The maximum Gasteiger partial charge on any atom is 0.318 e. The summed E-state index contributed by atoms with van der Waals surface area (Å²) in [5, 5.41) is 8.12. The Morgan fingerprint density at radius 1 is 1.80 bits per heavy atom. The average molecular weight is 163 g/mol. The molecule has 4 heteroatoms. The predicted molar refractivity (Wildman–Crippen MR) is 43.2 cm³/mol. The van der Waals surface area contributed by atoms with Gasteiger partial charge in [0, 0.05) is 6.04 Å². The molecular formula is C6H13NO2S. The van der Waals surface area contributed by atoms with Gasteiger partial charge >= 0.3 is 5.97 Å². The molecule has 0 amide bonds. The maximum atomic E-state index is 10.4. The van der Waals surface area contributed by atoms with Crippen molar-refractivity contribution in [2.24, 2.45) is 5.73 Å². The van der Waals surface area contributed by atoms with Crippen LogP contribution in [0.15, 0.2) is 0 Å². The highest BCUT2D eigenvalue weighted by Gasteiger charge is 2.21. The van der Waals surface area contributed by atoms with E-state index in [4.69, 9.17) is 10.8 Å². The molecule has 0 heterocycles. The molecule has 60 valence electrons. The summed E-state index contributed by atoms with van der Waals surface area (Å²) in [6, 6.07) is -0.229.